The Morgan fingerprint density at radius 1 is 1.44 bits per heavy atom. The fourth-order valence-corrected chi connectivity index (χ4v) is 3.17. The van der Waals surface area contributed by atoms with Gasteiger partial charge in [-0.1, -0.05) is 0 Å². The lowest BCUT2D eigenvalue weighted by atomic mass is 9.76. The number of nitrogens with one attached hydrogen (secondary N) is 1. The number of aromatic nitrogens is 2. The number of piperidine rings is 1. The lowest BCUT2D eigenvalue weighted by Crippen LogP contribution is -2.41. The number of aliphatic hydroxyl groups excluding tert-OH is 1. The average Bonchev–Trinajstić information content (AvgIpc) is 2.67. The van der Waals surface area contributed by atoms with Crippen LogP contribution in [0.25, 0.3) is 0 Å². The summed E-state index contributed by atoms with van der Waals surface area (Å²) in [5, 5.41) is 17.7. The van der Waals surface area contributed by atoms with Crippen LogP contribution in [0.2, 0.25) is 0 Å². The molecule has 102 valence electrons. The summed E-state index contributed by atoms with van der Waals surface area (Å²) >= 11 is 3.64. The quantitative estimate of drug-likeness (QED) is 0.892. The van der Waals surface area contributed by atoms with Gasteiger partial charge in [-0.2, -0.15) is 5.10 Å². The van der Waals surface area contributed by atoms with Gasteiger partial charge < -0.3 is 10.4 Å². The zero-order valence-corrected chi connectivity index (χ0v) is 12.8. The van der Waals surface area contributed by atoms with Gasteiger partial charge >= 0.3 is 0 Å². The Morgan fingerprint density at radius 2 is 2.11 bits per heavy atom. The zero-order valence-electron chi connectivity index (χ0n) is 11.2. The summed E-state index contributed by atoms with van der Waals surface area (Å²) in [5.41, 5.74) is 2.28. The van der Waals surface area contributed by atoms with Gasteiger partial charge in [0.05, 0.1) is 15.9 Å². The van der Waals surface area contributed by atoms with Crippen molar-refractivity contribution in [1.29, 1.82) is 0 Å². The summed E-state index contributed by atoms with van der Waals surface area (Å²) < 4.78 is 3.16. The molecule has 0 bridgehead atoms. The molecule has 0 atom stereocenters. The van der Waals surface area contributed by atoms with Crippen molar-refractivity contribution in [2.24, 2.45) is 5.41 Å². The molecule has 1 aliphatic rings. The minimum atomic E-state index is 0.0210. The molecule has 1 saturated heterocycles. The van der Waals surface area contributed by atoms with Crippen molar-refractivity contribution >= 4 is 15.9 Å². The highest BCUT2D eigenvalue weighted by Gasteiger charge is 2.33. The van der Waals surface area contributed by atoms with Gasteiger partial charge in [0.25, 0.3) is 0 Å². The fourth-order valence-electron chi connectivity index (χ4n) is 2.74. The first-order valence-corrected chi connectivity index (χ1v) is 7.44. The van der Waals surface area contributed by atoms with Crippen molar-refractivity contribution in [2.75, 3.05) is 19.7 Å². The molecule has 1 aliphatic heterocycles. The van der Waals surface area contributed by atoms with E-state index in [9.17, 15) is 5.11 Å². The summed E-state index contributed by atoms with van der Waals surface area (Å²) in [4.78, 5) is 0. The maximum atomic E-state index is 9.79. The molecular weight excluding hydrogens is 294 g/mol. The van der Waals surface area contributed by atoms with Crippen molar-refractivity contribution in [3.05, 3.63) is 15.9 Å². The highest BCUT2D eigenvalue weighted by Crippen LogP contribution is 2.35. The van der Waals surface area contributed by atoms with Gasteiger partial charge in [0.15, 0.2) is 0 Å². The van der Waals surface area contributed by atoms with E-state index >= 15 is 0 Å². The van der Waals surface area contributed by atoms with Crippen LogP contribution in [0.3, 0.4) is 0 Å². The van der Waals surface area contributed by atoms with E-state index < -0.39 is 0 Å². The smallest absolute Gasteiger partial charge is 0.0738 e. The molecule has 0 aromatic carbocycles. The molecule has 2 N–H and O–H groups in total. The largest absolute Gasteiger partial charge is 0.396 e. The number of nitrogens with zero attached hydrogens (tertiary/aromatic N) is 2. The minimum Gasteiger partial charge on any atom is -0.396 e. The third kappa shape index (κ3) is 2.63. The van der Waals surface area contributed by atoms with Crippen molar-refractivity contribution in [3.8, 4) is 0 Å². The van der Waals surface area contributed by atoms with Crippen molar-refractivity contribution in [2.45, 2.75) is 39.7 Å². The standard InChI is InChI=1S/C13H22BrN3O/c1-3-17-11(12(14)10(2)16-17)8-13(9-18)4-6-15-7-5-13/h15,18H,3-9H2,1-2H3. The molecule has 0 saturated carbocycles. The van der Waals surface area contributed by atoms with E-state index in [0.29, 0.717) is 0 Å². The lowest BCUT2D eigenvalue weighted by Gasteiger charge is -2.36. The van der Waals surface area contributed by atoms with Crippen molar-refractivity contribution < 1.29 is 5.11 Å². The predicted molar refractivity (Wildman–Crippen MR) is 75.7 cm³/mol. The molecule has 18 heavy (non-hydrogen) atoms. The van der Waals surface area contributed by atoms with Crippen LogP contribution in [0, 0.1) is 12.3 Å². The number of hydrogen-bond acceptors (Lipinski definition) is 3. The monoisotopic (exact) mass is 315 g/mol. The first-order valence-electron chi connectivity index (χ1n) is 6.65. The maximum Gasteiger partial charge on any atom is 0.0738 e. The molecule has 0 spiro atoms. The van der Waals surface area contributed by atoms with Crippen LogP contribution in [-0.4, -0.2) is 34.6 Å². The minimum absolute atomic E-state index is 0.0210. The SMILES string of the molecule is CCn1nc(C)c(Br)c1CC1(CO)CCNCC1. The molecule has 2 rings (SSSR count). The first kappa shape index (κ1) is 14.0. The molecule has 2 heterocycles. The summed E-state index contributed by atoms with van der Waals surface area (Å²) in [6.07, 6.45) is 2.97. The molecule has 0 unspecified atom stereocenters. The van der Waals surface area contributed by atoms with E-state index in [0.717, 1.165) is 49.1 Å². The summed E-state index contributed by atoms with van der Waals surface area (Å²) in [7, 11) is 0. The van der Waals surface area contributed by atoms with Crippen LogP contribution < -0.4 is 5.32 Å². The lowest BCUT2D eigenvalue weighted by molar-refractivity contribution is 0.0870. The van der Waals surface area contributed by atoms with Crippen LogP contribution in [-0.2, 0) is 13.0 Å². The van der Waals surface area contributed by atoms with Gasteiger partial charge in [0, 0.05) is 18.6 Å². The van der Waals surface area contributed by atoms with E-state index in [2.05, 4.69) is 38.0 Å². The van der Waals surface area contributed by atoms with E-state index in [-0.39, 0.29) is 12.0 Å². The molecule has 1 aromatic rings. The average molecular weight is 316 g/mol. The van der Waals surface area contributed by atoms with Gasteiger partial charge in [0.1, 0.15) is 0 Å². The van der Waals surface area contributed by atoms with Gasteiger partial charge in [-0.3, -0.25) is 4.68 Å². The van der Waals surface area contributed by atoms with Crippen molar-refractivity contribution in [3.63, 3.8) is 0 Å². The maximum absolute atomic E-state index is 9.79. The van der Waals surface area contributed by atoms with Crippen LogP contribution in [0.5, 0.6) is 0 Å². The third-order valence-corrected chi connectivity index (χ3v) is 5.03. The second-order valence-electron chi connectivity index (χ2n) is 5.25. The van der Waals surface area contributed by atoms with E-state index in [1.807, 2.05) is 6.92 Å². The third-order valence-electron chi connectivity index (χ3n) is 3.99. The van der Waals surface area contributed by atoms with E-state index in [4.69, 9.17) is 0 Å². The predicted octanol–water partition coefficient (Wildman–Crippen LogP) is 1.88. The Hall–Kier alpha value is -0.390. The number of aryl methyl sites for hydroxylation is 2. The molecule has 1 fully saturated rings. The number of rotatable bonds is 4. The Kier molecular flexibility index (Phi) is 4.45. The highest BCUT2D eigenvalue weighted by molar-refractivity contribution is 9.10. The molecular formula is C13H22BrN3O. The van der Waals surface area contributed by atoms with Gasteiger partial charge in [-0.05, 0) is 62.1 Å². The van der Waals surface area contributed by atoms with Crippen LogP contribution in [0.4, 0.5) is 0 Å². The Morgan fingerprint density at radius 3 is 2.67 bits per heavy atom. The van der Waals surface area contributed by atoms with Crippen LogP contribution in [0.15, 0.2) is 4.47 Å². The zero-order chi connectivity index (χ0) is 13.2. The molecule has 0 amide bonds. The van der Waals surface area contributed by atoms with E-state index in [1.54, 1.807) is 0 Å². The van der Waals surface area contributed by atoms with Gasteiger partial charge in [0.2, 0.25) is 0 Å². The van der Waals surface area contributed by atoms with E-state index in [1.165, 1.54) is 5.69 Å². The Labute approximate surface area is 117 Å². The molecule has 1 aromatic heterocycles. The number of aliphatic hydroxyl groups is 1. The van der Waals surface area contributed by atoms with Crippen LogP contribution in [0.1, 0.15) is 31.2 Å². The van der Waals surface area contributed by atoms with Crippen molar-refractivity contribution in [1.82, 2.24) is 15.1 Å². The molecule has 0 aliphatic carbocycles. The summed E-state index contributed by atoms with van der Waals surface area (Å²) in [6.45, 7) is 7.26. The topological polar surface area (TPSA) is 50.1 Å². The van der Waals surface area contributed by atoms with Crippen LogP contribution >= 0.6 is 15.9 Å². The first-order chi connectivity index (χ1) is 8.62. The number of hydrogen-bond donors (Lipinski definition) is 2. The highest BCUT2D eigenvalue weighted by atomic mass is 79.9. The Bertz CT molecular complexity index is 411. The molecule has 5 heteroatoms. The molecule has 0 radical (unpaired) electrons. The normalized spacial score (nSPS) is 19.1. The number of halogens is 1. The second kappa shape index (κ2) is 5.72. The van der Waals surface area contributed by atoms with Gasteiger partial charge in [-0.15, -0.1) is 0 Å². The summed E-state index contributed by atoms with van der Waals surface area (Å²) in [5.74, 6) is 0. The summed E-state index contributed by atoms with van der Waals surface area (Å²) in [6, 6.07) is 0. The second-order valence-corrected chi connectivity index (χ2v) is 6.04. The molecule has 4 nitrogen and oxygen atoms in total. The fraction of sp³-hybridized carbons (Fsp3) is 0.769. The van der Waals surface area contributed by atoms with Gasteiger partial charge in [-0.25, -0.2) is 0 Å². The Balaban J connectivity index is 2.26.